The summed E-state index contributed by atoms with van der Waals surface area (Å²) in [4.78, 5) is 16.8. The van der Waals surface area contributed by atoms with Gasteiger partial charge in [0.15, 0.2) is 5.82 Å². The normalized spacial score (nSPS) is 23.6. The van der Waals surface area contributed by atoms with Crippen molar-refractivity contribution < 1.29 is 9.32 Å². The largest absolute Gasteiger partial charge is 0.343 e. The quantitative estimate of drug-likeness (QED) is 0.662. The minimum atomic E-state index is 0.0299. The molecule has 1 aliphatic heterocycles. The van der Waals surface area contributed by atoms with Gasteiger partial charge >= 0.3 is 0 Å². The zero-order chi connectivity index (χ0) is 9.80. The van der Waals surface area contributed by atoms with Crippen molar-refractivity contribution in [3.05, 3.63) is 12.2 Å². The van der Waals surface area contributed by atoms with Crippen molar-refractivity contribution >= 4 is 6.29 Å². The third-order valence-electron chi connectivity index (χ3n) is 2.57. The summed E-state index contributed by atoms with van der Waals surface area (Å²) in [6.45, 7) is 1.55. The Hall–Kier alpha value is -1.23. The molecule has 1 unspecified atom stereocenters. The molecule has 76 valence electrons. The second-order valence-corrected chi connectivity index (χ2v) is 3.52. The van der Waals surface area contributed by atoms with Gasteiger partial charge in [0.1, 0.15) is 6.29 Å². The van der Waals surface area contributed by atoms with Crippen molar-refractivity contribution in [3.8, 4) is 0 Å². The van der Waals surface area contributed by atoms with Crippen LogP contribution in [0.15, 0.2) is 10.9 Å². The Morgan fingerprint density at radius 2 is 2.57 bits per heavy atom. The molecule has 14 heavy (non-hydrogen) atoms. The molecule has 2 heterocycles. The highest BCUT2D eigenvalue weighted by Gasteiger charge is 2.22. The summed E-state index contributed by atoms with van der Waals surface area (Å²) in [5, 5.41) is 3.74. The van der Waals surface area contributed by atoms with Gasteiger partial charge in [-0.15, -0.1) is 0 Å². The number of carbonyl (C=O) groups is 1. The van der Waals surface area contributed by atoms with E-state index in [9.17, 15) is 4.79 Å². The number of nitrogens with zero attached hydrogens (tertiary/aromatic N) is 3. The summed E-state index contributed by atoms with van der Waals surface area (Å²) in [5.74, 6) is 0.652. The maximum Gasteiger partial charge on any atom is 0.213 e. The smallest absolute Gasteiger partial charge is 0.213 e. The summed E-state index contributed by atoms with van der Waals surface area (Å²) in [6, 6.07) is 0.0299. The van der Waals surface area contributed by atoms with Gasteiger partial charge in [0, 0.05) is 0 Å². The summed E-state index contributed by atoms with van der Waals surface area (Å²) in [7, 11) is 0. The Morgan fingerprint density at radius 3 is 3.29 bits per heavy atom. The fourth-order valence-corrected chi connectivity index (χ4v) is 1.81. The monoisotopic (exact) mass is 195 g/mol. The number of piperidine rings is 1. The Bertz CT molecular complexity index is 286. The second-order valence-electron chi connectivity index (χ2n) is 3.52. The molecule has 1 aliphatic rings. The minimum absolute atomic E-state index is 0.0299. The van der Waals surface area contributed by atoms with Gasteiger partial charge in [-0.2, -0.15) is 4.98 Å². The average molecular weight is 195 g/mol. The van der Waals surface area contributed by atoms with Crippen LogP contribution in [0.3, 0.4) is 0 Å². The van der Waals surface area contributed by atoms with Crippen LogP contribution in [0.2, 0.25) is 0 Å². The van der Waals surface area contributed by atoms with Gasteiger partial charge in [-0.1, -0.05) is 11.6 Å². The molecule has 1 aromatic heterocycles. The van der Waals surface area contributed by atoms with E-state index in [1.54, 1.807) is 0 Å². The summed E-state index contributed by atoms with van der Waals surface area (Å²) >= 11 is 0. The maximum atomic E-state index is 10.8. The number of likely N-dealkylation sites (tertiary alicyclic amines) is 1. The van der Waals surface area contributed by atoms with Gasteiger partial charge in [-0.25, -0.2) is 0 Å². The second kappa shape index (κ2) is 4.32. The molecule has 2 rings (SSSR count). The van der Waals surface area contributed by atoms with E-state index >= 15 is 0 Å². The van der Waals surface area contributed by atoms with E-state index in [2.05, 4.69) is 19.6 Å². The van der Waals surface area contributed by atoms with Crippen LogP contribution >= 0.6 is 0 Å². The average Bonchev–Trinajstić information content (AvgIpc) is 2.71. The number of rotatable bonds is 3. The highest BCUT2D eigenvalue weighted by Crippen LogP contribution is 2.16. The van der Waals surface area contributed by atoms with E-state index in [4.69, 9.17) is 0 Å². The molecule has 0 aliphatic carbocycles. The molecular formula is C9H13N3O2. The Labute approximate surface area is 82.1 Å². The van der Waals surface area contributed by atoms with E-state index in [-0.39, 0.29) is 6.04 Å². The summed E-state index contributed by atoms with van der Waals surface area (Å²) in [6.07, 6.45) is 5.55. The van der Waals surface area contributed by atoms with Crippen LogP contribution in [0, 0.1) is 0 Å². The first kappa shape index (κ1) is 9.33. The number of aldehydes is 1. The Balaban J connectivity index is 1.98. The molecule has 0 spiro atoms. The number of hydrogen-bond acceptors (Lipinski definition) is 5. The van der Waals surface area contributed by atoms with Crippen LogP contribution in [0.4, 0.5) is 0 Å². The van der Waals surface area contributed by atoms with Crippen molar-refractivity contribution in [1.29, 1.82) is 0 Å². The molecule has 0 amide bonds. The zero-order valence-corrected chi connectivity index (χ0v) is 7.93. The molecule has 1 saturated heterocycles. The number of hydrogen-bond donors (Lipinski definition) is 0. The van der Waals surface area contributed by atoms with E-state index in [1.165, 1.54) is 6.39 Å². The van der Waals surface area contributed by atoms with E-state index in [0.29, 0.717) is 12.4 Å². The standard InChI is InChI=1S/C9H13N3O2/c13-6-8-3-1-2-4-12(8)5-9-10-7-14-11-9/h6-8H,1-5H2. The van der Waals surface area contributed by atoms with Gasteiger partial charge in [0.2, 0.25) is 6.39 Å². The van der Waals surface area contributed by atoms with Gasteiger partial charge < -0.3 is 9.32 Å². The highest BCUT2D eigenvalue weighted by atomic mass is 16.5. The summed E-state index contributed by atoms with van der Waals surface area (Å²) in [5.41, 5.74) is 0. The van der Waals surface area contributed by atoms with E-state index in [1.807, 2.05) is 0 Å². The third kappa shape index (κ3) is 1.98. The van der Waals surface area contributed by atoms with Gasteiger partial charge in [-0.3, -0.25) is 4.90 Å². The zero-order valence-electron chi connectivity index (χ0n) is 7.93. The van der Waals surface area contributed by atoms with Crippen molar-refractivity contribution in [1.82, 2.24) is 15.0 Å². The highest BCUT2D eigenvalue weighted by molar-refractivity contribution is 5.57. The molecule has 1 fully saturated rings. The number of carbonyl (C=O) groups excluding carboxylic acids is 1. The lowest BCUT2D eigenvalue weighted by Gasteiger charge is -2.30. The maximum absolute atomic E-state index is 10.8. The van der Waals surface area contributed by atoms with Crippen molar-refractivity contribution in [2.45, 2.75) is 31.8 Å². The molecule has 5 heteroatoms. The fourth-order valence-electron chi connectivity index (χ4n) is 1.81. The molecule has 0 radical (unpaired) electrons. The van der Waals surface area contributed by atoms with Crippen LogP contribution < -0.4 is 0 Å². The lowest BCUT2D eigenvalue weighted by Crippen LogP contribution is -2.40. The van der Waals surface area contributed by atoms with Crippen LogP contribution in [0.25, 0.3) is 0 Å². The van der Waals surface area contributed by atoms with Gasteiger partial charge in [-0.05, 0) is 19.4 Å². The van der Waals surface area contributed by atoms with Crippen LogP contribution in [-0.4, -0.2) is 33.9 Å². The molecule has 1 atom stereocenters. The first-order valence-corrected chi connectivity index (χ1v) is 4.85. The molecule has 5 nitrogen and oxygen atoms in total. The minimum Gasteiger partial charge on any atom is -0.343 e. The lowest BCUT2D eigenvalue weighted by molar-refractivity contribution is -0.113. The summed E-state index contributed by atoms with van der Waals surface area (Å²) < 4.78 is 4.65. The molecule has 0 bridgehead atoms. The fraction of sp³-hybridized carbons (Fsp3) is 0.667. The van der Waals surface area contributed by atoms with E-state index in [0.717, 1.165) is 32.1 Å². The molecule has 0 N–H and O–H groups in total. The van der Waals surface area contributed by atoms with Crippen molar-refractivity contribution in [2.24, 2.45) is 0 Å². The Morgan fingerprint density at radius 1 is 1.64 bits per heavy atom. The number of aromatic nitrogens is 2. The van der Waals surface area contributed by atoms with Crippen molar-refractivity contribution in [3.63, 3.8) is 0 Å². The van der Waals surface area contributed by atoms with Gasteiger partial charge in [0.05, 0.1) is 12.6 Å². The third-order valence-corrected chi connectivity index (χ3v) is 2.57. The first-order chi connectivity index (χ1) is 6.90. The lowest BCUT2D eigenvalue weighted by atomic mass is 10.0. The molecule has 0 saturated carbocycles. The van der Waals surface area contributed by atoms with Crippen LogP contribution in [-0.2, 0) is 11.3 Å². The predicted octanol–water partition coefficient (Wildman–Crippen LogP) is 0.623. The first-order valence-electron chi connectivity index (χ1n) is 4.85. The Kier molecular flexibility index (Phi) is 2.88. The van der Waals surface area contributed by atoms with Gasteiger partial charge in [0.25, 0.3) is 0 Å². The van der Waals surface area contributed by atoms with Crippen LogP contribution in [0.5, 0.6) is 0 Å². The van der Waals surface area contributed by atoms with Crippen LogP contribution in [0.1, 0.15) is 25.1 Å². The molecule has 1 aromatic rings. The SMILES string of the molecule is O=CC1CCCCN1Cc1ncon1. The van der Waals surface area contributed by atoms with Crippen molar-refractivity contribution in [2.75, 3.05) is 6.54 Å². The topological polar surface area (TPSA) is 59.2 Å². The molecule has 0 aromatic carbocycles. The predicted molar refractivity (Wildman–Crippen MR) is 48.4 cm³/mol. The van der Waals surface area contributed by atoms with E-state index < -0.39 is 0 Å². The molecular weight excluding hydrogens is 182 g/mol.